The minimum Gasteiger partial charge on any atom is -0.372 e. The lowest BCUT2D eigenvalue weighted by molar-refractivity contribution is 0.0948. The van der Waals surface area contributed by atoms with Crippen molar-refractivity contribution in [2.45, 2.75) is 43.9 Å². The largest absolute Gasteiger partial charge is 0.372 e. The normalized spacial score (nSPS) is 14.5. The minimum atomic E-state index is -3.78. The Labute approximate surface area is 212 Å². The predicted molar refractivity (Wildman–Crippen MR) is 133 cm³/mol. The van der Waals surface area contributed by atoms with E-state index in [1.165, 1.54) is 30.8 Å². The number of hydrogen-bond donors (Lipinski definition) is 0. The highest BCUT2D eigenvalue weighted by Gasteiger charge is 2.35. The highest BCUT2D eigenvalue weighted by Crippen LogP contribution is 2.30. The summed E-state index contributed by atoms with van der Waals surface area (Å²) in [6.45, 7) is 5.37. The molecule has 0 saturated carbocycles. The minimum absolute atomic E-state index is 0.231. The molecule has 4 rings (SSSR count). The van der Waals surface area contributed by atoms with Crippen LogP contribution in [0, 0.1) is 6.92 Å². The van der Waals surface area contributed by atoms with Gasteiger partial charge in [-0.25, -0.2) is 28.4 Å². The van der Waals surface area contributed by atoms with E-state index in [0.29, 0.717) is 16.5 Å². The van der Waals surface area contributed by atoms with E-state index in [1.54, 1.807) is 17.0 Å². The number of halogens is 1. The van der Waals surface area contributed by atoms with Crippen LogP contribution in [-0.2, 0) is 20.3 Å². The van der Waals surface area contributed by atoms with Crippen LogP contribution in [0.2, 0.25) is 5.02 Å². The average Bonchev–Trinajstić information content (AvgIpc) is 3.50. The summed E-state index contributed by atoms with van der Waals surface area (Å²) in [6, 6.07) is 5.26. The number of aromatic nitrogens is 7. The smallest absolute Gasteiger partial charge is 0.183 e. The van der Waals surface area contributed by atoms with Crippen LogP contribution in [-0.4, -0.2) is 55.5 Å². The first kappa shape index (κ1) is 25.3. The second-order valence-electron chi connectivity index (χ2n) is 7.99. The van der Waals surface area contributed by atoms with Gasteiger partial charge in [-0.1, -0.05) is 17.7 Å². The van der Waals surface area contributed by atoms with Crippen LogP contribution >= 0.6 is 22.9 Å². The SMILES string of the molecule is CO[C@H](c1ncc(Cl)cn1)[C@H](C)S(=O)(=O)Cc1nnc(-c2cccc(C)n2)n1[C@H](C)c1cscn1. The summed E-state index contributed by atoms with van der Waals surface area (Å²) >= 11 is 7.34. The fourth-order valence-electron chi connectivity index (χ4n) is 3.71. The van der Waals surface area contributed by atoms with E-state index in [4.69, 9.17) is 16.3 Å². The van der Waals surface area contributed by atoms with Crippen molar-refractivity contribution in [3.8, 4) is 11.5 Å². The molecule has 0 aliphatic carbocycles. The van der Waals surface area contributed by atoms with E-state index in [-0.39, 0.29) is 23.4 Å². The highest BCUT2D eigenvalue weighted by molar-refractivity contribution is 7.91. The second kappa shape index (κ2) is 10.4. The number of aryl methyl sites for hydroxylation is 1. The average molecular weight is 534 g/mol. The van der Waals surface area contributed by atoms with Crippen LogP contribution in [0.5, 0.6) is 0 Å². The van der Waals surface area contributed by atoms with Crippen molar-refractivity contribution in [2.24, 2.45) is 0 Å². The number of sulfone groups is 1. The lowest BCUT2D eigenvalue weighted by atomic mass is 10.2. The molecule has 0 spiro atoms. The molecule has 4 heterocycles. The molecule has 35 heavy (non-hydrogen) atoms. The number of hydrogen-bond acceptors (Lipinski definition) is 10. The fourth-order valence-corrected chi connectivity index (χ4v) is 5.87. The van der Waals surface area contributed by atoms with Gasteiger partial charge in [0.25, 0.3) is 0 Å². The summed E-state index contributed by atoms with van der Waals surface area (Å²) in [5, 5.41) is 9.89. The van der Waals surface area contributed by atoms with Gasteiger partial charge in [0.1, 0.15) is 23.4 Å². The number of methoxy groups -OCH3 is 1. The molecule has 3 atom stereocenters. The first-order valence-corrected chi connectivity index (χ1v) is 13.7. The number of rotatable bonds is 9. The van der Waals surface area contributed by atoms with Crippen LogP contribution in [0.4, 0.5) is 0 Å². The maximum absolute atomic E-state index is 13.5. The summed E-state index contributed by atoms with van der Waals surface area (Å²) in [6.07, 6.45) is 1.92. The Morgan fingerprint density at radius 1 is 1.14 bits per heavy atom. The van der Waals surface area contributed by atoms with Gasteiger partial charge in [0.15, 0.2) is 21.5 Å². The van der Waals surface area contributed by atoms with E-state index in [2.05, 4.69) is 30.1 Å². The summed E-state index contributed by atoms with van der Waals surface area (Å²) in [5.74, 6) is 0.614. The molecule has 0 unspecified atom stereocenters. The summed E-state index contributed by atoms with van der Waals surface area (Å²) in [4.78, 5) is 17.3. The van der Waals surface area contributed by atoms with Crippen molar-refractivity contribution in [3.05, 3.63) is 69.5 Å². The standard InChI is InChI=1S/C22H24ClN7O3S2/c1-13-6-5-7-17(27-13)22-29-28-19(30(22)14(2)18-10-34-12-26-18)11-35(31,32)15(3)20(33-4)21-24-8-16(23)9-25-21/h5-10,12,14-15,20H,11H2,1-4H3/t14-,15+,20+/m1/s1. The maximum Gasteiger partial charge on any atom is 0.183 e. The van der Waals surface area contributed by atoms with Gasteiger partial charge in [0, 0.05) is 30.6 Å². The molecule has 0 fully saturated rings. The van der Waals surface area contributed by atoms with Crippen LogP contribution < -0.4 is 0 Å². The Morgan fingerprint density at radius 2 is 1.89 bits per heavy atom. The molecule has 0 N–H and O–H groups in total. The summed E-state index contributed by atoms with van der Waals surface area (Å²) in [7, 11) is -2.36. The Hall–Kier alpha value is -2.80. The molecule has 0 aliphatic heterocycles. The molecule has 0 amide bonds. The molecule has 0 aromatic carbocycles. The van der Waals surface area contributed by atoms with Gasteiger partial charge >= 0.3 is 0 Å². The first-order valence-electron chi connectivity index (χ1n) is 10.7. The zero-order chi connectivity index (χ0) is 25.2. The zero-order valence-corrected chi connectivity index (χ0v) is 21.9. The van der Waals surface area contributed by atoms with E-state index in [9.17, 15) is 8.42 Å². The van der Waals surface area contributed by atoms with Gasteiger partial charge in [-0.15, -0.1) is 21.5 Å². The second-order valence-corrected chi connectivity index (χ2v) is 11.5. The van der Waals surface area contributed by atoms with Crippen molar-refractivity contribution in [3.63, 3.8) is 0 Å². The zero-order valence-electron chi connectivity index (χ0n) is 19.5. The molecule has 10 nitrogen and oxygen atoms in total. The summed E-state index contributed by atoms with van der Waals surface area (Å²) in [5.41, 5.74) is 3.92. The predicted octanol–water partition coefficient (Wildman–Crippen LogP) is 3.85. The molecule has 4 aromatic heterocycles. The van der Waals surface area contributed by atoms with E-state index in [1.807, 2.05) is 37.4 Å². The number of pyridine rings is 1. The molecule has 0 saturated heterocycles. The Bertz CT molecular complexity index is 1390. The van der Waals surface area contributed by atoms with Crippen LogP contribution in [0.1, 0.15) is 49.0 Å². The fraction of sp³-hybridized carbons (Fsp3) is 0.364. The summed E-state index contributed by atoms with van der Waals surface area (Å²) < 4.78 is 34.3. The quantitative estimate of drug-likeness (QED) is 0.315. The monoisotopic (exact) mass is 533 g/mol. The van der Waals surface area contributed by atoms with Crippen molar-refractivity contribution in [1.82, 2.24) is 34.7 Å². The van der Waals surface area contributed by atoms with E-state index >= 15 is 0 Å². The number of thiazole rings is 1. The van der Waals surface area contributed by atoms with Crippen LogP contribution in [0.25, 0.3) is 11.5 Å². The first-order chi connectivity index (χ1) is 16.7. The Balaban J connectivity index is 1.73. The van der Waals surface area contributed by atoms with Gasteiger partial charge in [-0.2, -0.15) is 0 Å². The van der Waals surface area contributed by atoms with Gasteiger partial charge in [0.05, 0.1) is 27.5 Å². The number of ether oxygens (including phenoxy) is 1. The molecule has 0 bridgehead atoms. The maximum atomic E-state index is 13.5. The molecule has 0 aliphatic rings. The van der Waals surface area contributed by atoms with Gasteiger partial charge < -0.3 is 4.74 Å². The topological polar surface area (TPSA) is 126 Å². The Kier molecular flexibility index (Phi) is 7.55. The van der Waals surface area contributed by atoms with Gasteiger partial charge in [0.2, 0.25) is 0 Å². The van der Waals surface area contributed by atoms with E-state index in [0.717, 1.165) is 11.4 Å². The van der Waals surface area contributed by atoms with Crippen LogP contribution in [0.3, 0.4) is 0 Å². The Morgan fingerprint density at radius 3 is 2.51 bits per heavy atom. The molecule has 4 aromatic rings. The highest BCUT2D eigenvalue weighted by atomic mass is 35.5. The van der Waals surface area contributed by atoms with Gasteiger partial charge in [-0.3, -0.25) is 4.57 Å². The third-order valence-corrected chi connectivity index (χ3v) is 8.46. The third-order valence-electron chi connectivity index (χ3n) is 5.62. The molecular formula is C22H24ClN7O3S2. The lowest BCUT2D eigenvalue weighted by Gasteiger charge is -2.22. The van der Waals surface area contributed by atoms with Crippen molar-refractivity contribution >= 4 is 32.8 Å². The molecular weight excluding hydrogens is 510 g/mol. The third kappa shape index (κ3) is 5.40. The molecule has 13 heteroatoms. The molecule has 0 radical (unpaired) electrons. The molecule has 184 valence electrons. The van der Waals surface area contributed by atoms with Crippen molar-refractivity contribution in [2.75, 3.05) is 7.11 Å². The van der Waals surface area contributed by atoms with Gasteiger partial charge in [-0.05, 0) is 32.9 Å². The van der Waals surface area contributed by atoms with Crippen molar-refractivity contribution in [1.29, 1.82) is 0 Å². The van der Waals surface area contributed by atoms with Crippen LogP contribution in [0.15, 0.2) is 41.5 Å². The van der Waals surface area contributed by atoms with E-state index < -0.39 is 21.2 Å². The lowest BCUT2D eigenvalue weighted by Crippen LogP contribution is -2.30. The van der Waals surface area contributed by atoms with Crippen molar-refractivity contribution < 1.29 is 13.2 Å². The number of nitrogens with zero attached hydrogens (tertiary/aromatic N) is 7.